The Kier molecular flexibility index (Phi) is 22.8. The lowest BCUT2D eigenvalue weighted by Crippen LogP contribution is -2.47. The van der Waals surface area contributed by atoms with Gasteiger partial charge >= 0.3 is 0 Å². The highest BCUT2D eigenvalue weighted by Crippen LogP contribution is 2.35. The number of methoxy groups -OCH3 is 1. The first-order valence-electron chi connectivity index (χ1n) is 26.7. The van der Waals surface area contributed by atoms with Crippen molar-refractivity contribution < 1.29 is 42.7 Å². The molecule has 14 heteroatoms. The Balaban J connectivity index is 1.24. The van der Waals surface area contributed by atoms with Gasteiger partial charge in [0.25, 0.3) is 5.91 Å². The van der Waals surface area contributed by atoms with Gasteiger partial charge in [-0.3, -0.25) is 4.79 Å². The van der Waals surface area contributed by atoms with Crippen LogP contribution in [0.2, 0.25) is 0 Å². The molecule has 0 radical (unpaired) electrons. The van der Waals surface area contributed by atoms with Crippen molar-refractivity contribution in [1.29, 1.82) is 0 Å². The monoisotopic (exact) mass is 1010 g/mol. The fourth-order valence-corrected chi connectivity index (χ4v) is 9.28. The van der Waals surface area contributed by atoms with Crippen molar-refractivity contribution in [3.05, 3.63) is 106 Å². The summed E-state index contributed by atoms with van der Waals surface area (Å²) in [5.74, 6) is 2.38. The van der Waals surface area contributed by atoms with Gasteiger partial charge in [0.1, 0.15) is 43.2 Å². The summed E-state index contributed by atoms with van der Waals surface area (Å²) in [5, 5.41) is 7.17. The number of aryl methyl sites for hydroxylation is 4. The van der Waals surface area contributed by atoms with Gasteiger partial charge in [0.2, 0.25) is 0 Å². The van der Waals surface area contributed by atoms with Crippen molar-refractivity contribution >= 4 is 23.0 Å². The molecule has 2 unspecified atom stereocenters. The fourth-order valence-electron chi connectivity index (χ4n) is 9.28. The molecule has 4 aromatic rings. The third-order valence-electron chi connectivity index (χ3n) is 13.7. The molecule has 14 nitrogen and oxygen atoms in total. The molecule has 2 aliphatic heterocycles. The van der Waals surface area contributed by atoms with Crippen LogP contribution in [0.5, 0.6) is 17.2 Å². The third kappa shape index (κ3) is 17.5. The van der Waals surface area contributed by atoms with Crippen LogP contribution in [-0.4, -0.2) is 149 Å². The van der Waals surface area contributed by atoms with E-state index in [1.165, 1.54) is 0 Å². The van der Waals surface area contributed by atoms with Crippen molar-refractivity contribution in [3.8, 4) is 17.2 Å². The number of carbonyl (C=O) groups excluding carboxylic acids is 1. The molecule has 6 rings (SSSR count). The first-order valence-corrected chi connectivity index (χ1v) is 26.7. The van der Waals surface area contributed by atoms with Gasteiger partial charge in [-0.15, -0.1) is 0 Å². The van der Waals surface area contributed by atoms with Crippen LogP contribution in [0.25, 0.3) is 0 Å². The molecule has 2 aliphatic rings. The summed E-state index contributed by atoms with van der Waals surface area (Å²) in [6.45, 7) is 29.8. The van der Waals surface area contributed by atoms with Gasteiger partial charge in [0.05, 0.1) is 76.4 Å². The van der Waals surface area contributed by atoms with E-state index in [0.717, 1.165) is 92.6 Å². The Hall–Kier alpha value is -5.09. The molecule has 0 aliphatic carbocycles. The highest BCUT2D eigenvalue weighted by molar-refractivity contribution is 5.97. The first kappa shape index (κ1) is 57.2. The lowest BCUT2D eigenvalue weighted by Gasteiger charge is -2.37. The third-order valence-corrected chi connectivity index (χ3v) is 13.7. The van der Waals surface area contributed by atoms with E-state index in [-0.39, 0.29) is 17.9 Å². The van der Waals surface area contributed by atoms with Crippen LogP contribution in [-0.2, 0) is 30.1 Å². The predicted octanol–water partition coefficient (Wildman–Crippen LogP) is 9.38. The number of rotatable bonds is 19. The Bertz CT molecular complexity index is 2330. The average molecular weight is 1010 g/mol. The first-order chi connectivity index (χ1) is 35.3. The molecule has 2 atom stereocenters. The topological polar surface area (TPSA) is 125 Å². The zero-order chi connectivity index (χ0) is 52.2. The number of hydrogen-bond acceptors (Lipinski definition) is 13. The van der Waals surface area contributed by atoms with Gasteiger partial charge in [0.15, 0.2) is 0 Å². The number of benzene rings is 4. The highest BCUT2D eigenvalue weighted by atomic mass is 16.5. The normalized spacial score (nSPS) is 16.5. The Labute approximate surface area is 437 Å². The smallest absolute Gasteiger partial charge is 0.254 e. The van der Waals surface area contributed by atoms with E-state index < -0.39 is 6.10 Å². The van der Waals surface area contributed by atoms with Crippen molar-refractivity contribution in [2.75, 3.05) is 147 Å². The van der Waals surface area contributed by atoms with Crippen molar-refractivity contribution in [2.24, 2.45) is 5.41 Å². The minimum Gasteiger partial charge on any atom is -0.490 e. The van der Waals surface area contributed by atoms with Crippen LogP contribution in [0.1, 0.15) is 90.9 Å². The molecule has 2 heterocycles. The van der Waals surface area contributed by atoms with Crippen LogP contribution in [0, 0.1) is 33.1 Å². The standard InChI is InChI=1S/C59H87N5O9/c1-11-47(7)61-41-59(8,9)42-64-21-19-49-46(6)38-48(39-50(49)58(64)65)57(66-10)40-73-56-37-45(5)15-18-53(56)63-24-29-71-54-35-43(3)13-16-51(54)60-20-26-68-33-34-70-28-23-62(22-27-69-32-31-67-12-2)52-17-14-44(4)36-55(52)72-30-25-63/h13-18,35-39,47,57,60-61H,11-12,19-34,40-42H2,1-10H3. The van der Waals surface area contributed by atoms with Gasteiger partial charge in [-0.25, -0.2) is 0 Å². The maximum Gasteiger partial charge on any atom is 0.254 e. The van der Waals surface area contributed by atoms with E-state index in [4.69, 9.17) is 37.9 Å². The van der Waals surface area contributed by atoms with Crippen molar-refractivity contribution in [1.82, 2.24) is 10.2 Å². The SMILES string of the molecule is CCOCCOCCN1CCOCCOCCNc2ccc(C)cc2OCCN(c2ccc(C)cc2OCC(OC)c2cc(C)c3c(c2)C(=O)N(CC(C)(C)CNC(C)CC)CC3)CCOc2cc(C)ccc21. The summed E-state index contributed by atoms with van der Waals surface area (Å²) in [4.78, 5) is 20.8. The average Bonchev–Trinajstić information content (AvgIpc) is 3.36. The second-order valence-electron chi connectivity index (χ2n) is 20.3. The van der Waals surface area contributed by atoms with E-state index in [0.29, 0.717) is 118 Å². The number of fused-ring (bicyclic) bond motifs is 3. The summed E-state index contributed by atoms with van der Waals surface area (Å²) in [5.41, 5.74) is 9.89. The second kappa shape index (κ2) is 29.1. The highest BCUT2D eigenvalue weighted by Gasteiger charge is 2.32. The molecule has 0 saturated heterocycles. The Morgan fingerprint density at radius 2 is 1.42 bits per heavy atom. The van der Waals surface area contributed by atoms with Gasteiger partial charge in [-0.05, 0) is 136 Å². The van der Waals surface area contributed by atoms with Crippen LogP contribution < -0.4 is 34.6 Å². The number of carbonyl (C=O) groups is 1. The second-order valence-corrected chi connectivity index (χ2v) is 20.3. The van der Waals surface area contributed by atoms with Crippen LogP contribution in [0.3, 0.4) is 0 Å². The zero-order valence-electron chi connectivity index (χ0n) is 45.9. The molecule has 0 fully saturated rings. The van der Waals surface area contributed by atoms with Crippen molar-refractivity contribution in [2.45, 2.75) is 87.3 Å². The molecule has 0 aromatic heterocycles. The minimum absolute atomic E-state index is 0.0775. The number of nitrogens with one attached hydrogen (secondary N) is 2. The quantitative estimate of drug-likeness (QED) is 0.0869. The zero-order valence-corrected chi connectivity index (χ0v) is 45.9. The molecule has 73 heavy (non-hydrogen) atoms. The molecule has 0 bridgehead atoms. The summed E-state index contributed by atoms with van der Waals surface area (Å²) in [6.07, 6.45) is 1.46. The van der Waals surface area contributed by atoms with E-state index >= 15 is 0 Å². The summed E-state index contributed by atoms with van der Waals surface area (Å²) in [7, 11) is 1.71. The number of ether oxygens (including phenoxy) is 8. The van der Waals surface area contributed by atoms with Crippen LogP contribution >= 0.6 is 0 Å². The van der Waals surface area contributed by atoms with Gasteiger partial charge in [-0.1, -0.05) is 45.0 Å². The van der Waals surface area contributed by atoms with Crippen LogP contribution in [0.4, 0.5) is 17.1 Å². The van der Waals surface area contributed by atoms with E-state index in [2.05, 4.69) is 136 Å². The lowest BCUT2D eigenvalue weighted by atomic mass is 9.88. The molecular weight excluding hydrogens is 923 g/mol. The molecule has 402 valence electrons. The molecule has 0 saturated carbocycles. The molecule has 1 amide bonds. The maximum absolute atomic E-state index is 14.3. The maximum atomic E-state index is 14.3. The molecule has 2 N–H and O–H groups in total. The summed E-state index contributed by atoms with van der Waals surface area (Å²) in [6, 6.07) is 23.5. The van der Waals surface area contributed by atoms with Crippen molar-refractivity contribution in [3.63, 3.8) is 0 Å². The predicted molar refractivity (Wildman–Crippen MR) is 294 cm³/mol. The lowest BCUT2D eigenvalue weighted by molar-refractivity contribution is 0.0498. The number of hydrogen-bond donors (Lipinski definition) is 2. The van der Waals surface area contributed by atoms with Gasteiger partial charge < -0.3 is 63.2 Å². The van der Waals surface area contributed by atoms with Crippen LogP contribution in [0.15, 0.2) is 66.7 Å². The summed E-state index contributed by atoms with van der Waals surface area (Å²) < 4.78 is 50.0. The van der Waals surface area contributed by atoms with E-state index in [1.807, 2.05) is 17.9 Å². The molecule has 0 spiro atoms. The Morgan fingerprint density at radius 3 is 2.16 bits per heavy atom. The van der Waals surface area contributed by atoms with E-state index in [9.17, 15) is 4.79 Å². The fraction of sp³-hybridized carbons (Fsp3) is 0.576. The minimum atomic E-state index is -0.428. The number of anilines is 3. The Morgan fingerprint density at radius 1 is 0.740 bits per heavy atom. The van der Waals surface area contributed by atoms with E-state index in [1.54, 1.807) is 7.11 Å². The number of nitrogens with zero attached hydrogens (tertiary/aromatic N) is 3. The summed E-state index contributed by atoms with van der Waals surface area (Å²) >= 11 is 0. The number of amides is 1. The largest absolute Gasteiger partial charge is 0.490 e. The molecular formula is C59H87N5O9. The van der Waals surface area contributed by atoms with Gasteiger partial charge in [-0.2, -0.15) is 0 Å². The van der Waals surface area contributed by atoms with Gasteiger partial charge in [0, 0.05) is 64.6 Å². The molecule has 4 aromatic carbocycles.